The van der Waals surface area contributed by atoms with Crippen molar-refractivity contribution in [3.63, 3.8) is 0 Å². The Balaban J connectivity index is 3.02. The fourth-order valence-corrected chi connectivity index (χ4v) is 2.64. The van der Waals surface area contributed by atoms with Crippen molar-refractivity contribution in [2.45, 2.75) is 25.0 Å². The highest BCUT2D eigenvalue weighted by molar-refractivity contribution is 7.89. The summed E-state index contributed by atoms with van der Waals surface area (Å²) in [7, 11) is -3.05. The zero-order valence-corrected chi connectivity index (χ0v) is 11.9. The molecule has 0 spiro atoms. The molecule has 9 heteroatoms. The lowest BCUT2D eigenvalue weighted by Crippen LogP contribution is -2.44. The van der Waals surface area contributed by atoms with Crippen molar-refractivity contribution in [1.82, 2.24) is 4.72 Å². The molecule has 1 rings (SSSR count). The Hall–Kier alpha value is -1.87. The minimum absolute atomic E-state index is 0.288. The van der Waals surface area contributed by atoms with Crippen LogP contribution in [-0.4, -0.2) is 38.6 Å². The van der Waals surface area contributed by atoms with Crippen molar-refractivity contribution in [2.75, 3.05) is 7.11 Å². The summed E-state index contributed by atoms with van der Waals surface area (Å²) in [6.45, 7) is 3.12. The Morgan fingerprint density at radius 2 is 1.95 bits per heavy atom. The maximum absolute atomic E-state index is 12.0. The quantitative estimate of drug-likeness (QED) is 0.731. The average Bonchev–Trinajstić information content (AvgIpc) is 2.84. The molecular formula is C11H15NO7S. The van der Waals surface area contributed by atoms with Crippen molar-refractivity contribution in [3.05, 3.63) is 17.9 Å². The predicted molar refractivity (Wildman–Crippen MR) is 66.6 cm³/mol. The van der Waals surface area contributed by atoms with E-state index in [-0.39, 0.29) is 5.76 Å². The molecular weight excluding hydrogens is 290 g/mol. The first kappa shape index (κ1) is 16.2. The van der Waals surface area contributed by atoms with Crippen molar-refractivity contribution >= 4 is 22.0 Å². The maximum Gasteiger partial charge on any atom is 0.374 e. The molecule has 0 aliphatic carbocycles. The van der Waals surface area contributed by atoms with Gasteiger partial charge in [-0.3, -0.25) is 4.79 Å². The van der Waals surface area contributed by atoms with Gasteiger partial charge in [-0.25, -0.2) is 13.2 Å². The van der Waals surface area contributed by atoms with E-state index in [1.54, 1.807) is 13.8 Å². The molecule has 0 saturated heterocycles. The van der Waals surface area contributed by atoms with Gasteiger partial charge in [0, 0.05) is 0 Å². The maximum atomic E-state index is 12.0. The molecule has 0 aliphatic rings. The molecule has 1 heterocycles. The fourth-order valence-electron chi connectivity index (χ4n) is 1.37. The Kier molecular flexibility index (Phi) is 4.90. The lowest BCUT2D eigenvalue weighted by atomic mass is 10.1. The van der Waals surface area contributed by atoms with Crippen LogP contribution in [0.4, 0.5) is 0 Å². The van der Waals surface area contributed by atoms with E-state index in [2.05, 4.69) is 4.74 Å². The Morgan fingerprint density at radius 1 is 1.35 bits per heavy atom. The first-order valence-corrected chi connectivity index (χ1v) is 7.10. The van der Waals surface area contributed by atoms with Gasteiger partial charge in [-0.2, -0.15) is 4.72 Å². The van der Waals surface area contributed by atoms with E-state index in [4.69, 9.17) is 9.52 Å². The summed E-state index contributed by atoms with van der Waals surface area (Å²) in [4.78, 5) is 22.1. The molecule has 2 N–H and O–H groups in total. The summed E-state index contributed by atoms with van der Waals surface area (Å²) in [5.74, 6) is -2.88. The molecule has 0 radical (unpaired) electrons. The van der Waals surface area contributed by atoms with Crippen molar-refractivity contribution < 1.29 is 32.3 Å². The Bertz CT molecular complexity index is 602. The van der Waals surface area contributed by atoms with E-state index in [1.165, 1.54) is 0 Å². The number of esters is 1. The number of methoxy groups -OCH3 is 1. The van der Waals surface area contributed by atoms with Crippen LogP contribution in [0.3, 0.4) is 0 Å². The second-order valence-electron chi connectivity index (χ2n) is 4.29. The normalized spacial score (nSPS) is 13.2. The van der Waals surface area contributed by atoms with Crippen molar-refractivity contribution in [1.29, 1.82) is 0 Å². The number of carbonyl (C=O) groups excluding carboxylic acids is 1. The number of carboxylic acids is 1. The van der Waals surface area contributed by atoms with Gasteiger partial charge >= 0.3 is 11.9 Å². The molecule has 0 fully saturated rings. The van der Waals surface area contributed by atoms with Crippen LogP contribution in [-0.2, 0) is 19.6 Å². The zero-order valence-electron chi connectivity index (χ0n) is 11.1. The molecule has 0 amide bonds. The van der Waals surface area contributed by atoms with Crippen LogP contribution >= 0.6 is 0 Å². The van der Waals surface area contributed by atoms with E-state index in [0.29, 0.717) is 0 Å². The van der Waals surface area contributed by atoms with Crippen LogP contribution in [0.5, 0.6) is 0 Å². The Labute approximate surface area is 115 Å². The third-order valence-electron chi connectivity index (χ3n) is 2.45. The SMILES string of the molecule is COC(=O)c1ccc(S(=O)(=O)NC(C(=O)O)C(C)C)o1. The molecule has 0 aromatic carbocycles. The van der Waals surface area contributed by atoms with Gasteiger partial charge in [-0.15, -0.1) is 0 Å². The molecule has 0 bridgehead atoms. The van der Waals surface area contributed by atoms with E-state index in [9.17, 15) is 18.0 Å². The number of aliphatic carboxylic acids is 1. The summed E-state index contributed by atoms with van der Waals surface area (Å²) in [6.07, 6.45) is 0. The molecule has 1 aromatic rings. The number of sulfonamides is 1. The third kappa shape index (κ3) is 3.58. The van der Waals surface area contributed by atoms with Crippen LogP contribution in [0.25, 0.3) is 0 Å². The van der Waals surface area contributed by atoms with Gasteiger partial charge in [-0.05, 0) is 18.1 Å². The number of carboxylic acid groups (broad SMARTS) is 1. The first-order chi connectivity index (χ1) is 9.19. The smallest absolute Gasteiger partial charge is 0.374 e. The van der Waals surface area contributed by atoms with E-state index in [1.807, 2.05) is 4.72 Å². The molecule has 1 atom stereocenters. The Morgan fingerprint density at radius 3 is 2.40 bits per heavy atom. The van der Waals surface area contributed by atoms with E-state index >= 15 is 0 Å². The summed E-state index contributed by atoms with van der Waals surface area (Å²) in [5.41, 5.74) is 0. The number of carbonyl (C=O) groups is 2. The molecule has 1 aromatic heterocycles. The van der Waals surface area contributed by atoms with E-state index in [0.717, 1.165) is 19.2 Å². The van der Waals surface area contributed by atoms with Gasteiger partial charge in [-0.1, -0.05) is 13.8 Å². The minimum Gasteiger partial charge on any atom is -0.480 e. The average molecular weight is 305 g/mol. The van der Waals surface area contributed by atoms with Gasteiger partial charge in [0.1, 0.15) is 6.04 Å². The van der Waals surface area contributed by atoms with Crippen LogP contribution in [0.1, 0.15) is 24.4 Å². The number of ether oxygens (including phenoxy) is 1. The lowest BCUT2D eigenvalue weighted by molar-refractivity contribution is -0.140. The van der Waals surface area contributed by atoms with Gasteiger partial charge in [0.2, 0.25) is 10.9 Å². The minimum atomic E-state index is -4.18. The van der Waals surface area contributed by atoms with Crippen LogP contribution in [0.2, 0.25) is 0 Å². The highest BCUT2D eigenvalue weighted by atomic mass is 32.2. The van der Waals surface area contributed by atoms with Gasteiger partial charge < -0.3 is 14.3 Å². The van der Waals surface area contributed by atoms with Gasteiger partial charge in [0.15, 0.2) is 0 Å². The fraction of sp³-hybridized carbons (Fsp3) is 0.455. The molecule has 8 nitrogen and oxygen atoms in total. The standard InChI is InChI=1S/C11H15NO7S/c1-6(2)9(10(13)14)12-20(16,17)8-5-4-7(19-8)11(15)18-3/h4-6,9,12H,1-3H3,(H,13,14). The number of nitrogens with one attached hydrogen (secondary N) is 1. The second-order valence-corrected chi connectivity index (χ2v) is 5.94. The van der Waals surface area contributed by atoms with Crippen LogP contribution in [0, 0.1) is 5.92 Å². The van der Waals surface area contributed by atoms with Crippen LogP contribution in [0.15, 0.2) is 21.6 Å². The third-order valence-corrected chi connectivity index (χ3v) is 3.76. The van der Waals surface area contributed by atoms with Crippen molar-refractivity contribution in [3.8, 4) is 0 Å². The predicted octanol–water partition coefficient (Wildman–Crippen LogP) is 0.454. The summed E-state index contributed by atoms with van der Waals surface area (Å²) < 4.78 is 35.1. The summed E-state index contributed by atoms with van der Waals surface area (Å²) in [6, 6.07) is 0.881. The zero-order chi connectivity index (χ0) is 15.5. The van der Waals surface area contributed by atoms with E-state index < -0.39 is 39.0 Å². The van der Waals surface area contributed by atoms with Crippen molar-refractivity contribution in [2.24, 2.45) is 5.92 Å². The number of furan rings is 1. The second kappa shape index (κ2) is 6.06. The molecule has 0 aliphatic heterocycles. The molecule has 0 saturated carbocycles. The summed E-state index contributed by atoms with van der Waals surface area (Å²) >= 11 is 0. The summed E-state index contributed by atoms with van der Waals surface area (Å²) in [5, 5.41) is 8.40. The highest BCUT2D eigenvalue weighted by Gasteiger charge is 2.30. The van der Waals surface area contributed by atoms with Crippen LogP contribution < -0.4 is 4.72 Å². The largest absolute Gasteiger partial charge is 0.480 e. The van der Waals surface area contributed by atoms with Gasteiger partial charge in [0.05, 0.1) is 7.11 Å². The topological polar surface area (TPSA) is 123 Å². The first-order valence-electron chi connectivity index (χ1n) is 5.62. The highest BCUT2D eigenvalue weighted by Crippen LogP contribution is 2.16. The monoisotopic (exact) mass is 305 g/mol. The van der Waals surface area contributed by atoms with Gasteiger partial charge in [0.25, 0.3) is 10.0 Å². The molecule has 20 heavy (non-hydrogen) atoms. The number of rotatable bonds is 6. The lowest BCUT2D eigenvalue weighted by Gasteiger charge is -2.16. The number of hydrogen-bond acceptors (Lipinski definition) is 6. The molecule has 112 valence electrons. The number of hydrogen-bond donors (Lipinski definition) is 2. The molecule has 1 unspecified atom stereocenters.